The van der Waals surface area contributed by atoms with E-state index >= 15 is 0 Å². The van der Waals surface area contributed by atoms with E-state index in [1.165, 1.54) is 4.31 Å². The largest absolute Gasteiger partial charge is 0.385 e. The van der Waals surface area contributed by atoms with Gasteiger partial charge in [0.1, 0.15) is 4.21 Å². The van der Waals surface area contributed by atoms with E-state index in [1.807, 2.05) is 0 Å². The van der Waals surface area contributed by atoms with Crippen LogP contribution in [0.25, 0.3) is 0 Å². The minimum absolute atomic E-state index is 0.0476. The average Bonchev–Trinajstić information content (AvgIpc) is 2.73. The molecule has 0 aromatic carbocycles. The molecule has 1 fully saturated rings. The minimum atomic E-state index is -3.63. The molecular formula is C9H13N3O4S2. The van der Waals surface area contributed by atoms with Crippen LogP contribution in [0.3, 0.4) is 0 Å². The number of sulfonamides is 1. The van der Waals surface area contributed by atoms with E-state index in [4.69, 9.17) is 5.73 Å². The molecular weight excluding hydrogens is 278 g/mol. The number of nitrogens with zero attached hydrogens (tertiary/aromatic N) is 2. The number of hydrogen-bond donors (Lipinski definition) is 1. The summed E-state index contributed by atoms with van der Waals surface area (Å²) in [6, 6.07) is 1.05. The lowest BCUT2D eigenvalue weighted by Gasteiger charge is -2.24. The molecule has 0 atom stereocenters. The number of anilines is 1. The summed E-state index contributed by atoms with van der Waals surface area (Å²) in [5.41, 5.74) is 5.12. The number of nitrogen functional groups attached to an aromatic ring is 1. The van der Waals surface area contributed by atoms with Crippen molar-refractivity contribution >= 4 is 32.0 Å². The van der Waals surface area contributed by atoms with Crippen LogP contribution in [0, 0.1) is 10.1 Å². The van der Waals surface area contributed by atoms with Crippen molar-refractivity contribution in [1.82, 2.24) is 4.31 Å². The summed E-state index contributed by atoms with van der Waals surface area (Å²) in [6.45, 7) is 0.932. The van der Waals surface area contributed by atoms with Crippen molar-refractivity contribution in [2.45, 2.75) is 23.5 Å². The van der Waals surface area contributed by atoms with Crippen LogP contribution in [-0.2, 0) is 10.0 Å². The summed E-state index contributed by atoms with van der Waals surface area (Å²) >= 11 is 0.750. The average molecular weight is 291 g/mol. The molecule has 0 saturated carbocycles. The number of nitrogens with two attached hydrogens (primary N) is 1. The van der Waals surface area contributed by atoms with Gasteiger partial charge in [0.15, 0.2) is 5.00 Å². The quantitative estimate of drug-likeness (QED) is 0.669. The van der Waals surface area contributed by atoms with Crippen LogP contribution >= 0.6 is 11.3 Å². The molecule has 0 amide bonds. The molecule has 9 heteroatoms. The first-order chi connectivity index (χ1) is 8.43. The highest BCUT2D eigenvalue weighted by Crippen LogP contribution is 2.36. The third-order valence-corrected chi connectivity index (χ3v) is 6.12. The Labute approximate surface area is 108 Å². The van der Waals surface area contributed by atoms with Gasteiger partial charge in [0, 0.05) is 19.2 Å². The maximum Gasteiger partial charge on any atom is 0.304 e. The molecule has 2 heterocycles. The fourth-order valence-electron chi connectivity index (χ4n) is 1.88. The van der Waals surface area contributed by atoms with Crippen molar-refractivity contribution in [1.29, 1.82) is 0 Å². The van der Waals surface area contributed by atoms with E-state index in [-0.39, 0.29) is 14.9 Å². The lowest BCUT2D eigenvalue weighted by atomic mass is 10.2. The molecule has 1 aliphatic heterocycles. The number of thiophene rings is 1. The Morgan fingerprint density at radius 1 is 1.33 bits per heavy atom. The van der Waals surface area contributed by atoms with Crippen LogP contribution in [0.15, 0.2) is 10.3 Å². The molecule has 0 radical (unpaired) electrons. The number of rotatable bonds is 3. The van der Waals surface area contributed by atoms with Crippen LogP contribution in [0.2, 0.25) is 0 Å². The van der Waals surface area contributed by atoms with Crippen molar-refractivity contribution in [2.75, 3.05) is 18.8 Å². The van der Waals surface area contributed by atoms with Crippen LogP contribution in [0.5, 0.6) is 0 Å². The summed E-state index contributed by atoms with van der Waals surface area (Å²) in [4.78, 5) is 10.00. The van der Waals surface area contributed by atoms with Gasteiger partial charge in [0.25, 0.3) is 10.0 Å². The molecule has 2 N–H and O–H groups in total. The molecule has 1 aromatic rings. The van der Waals surface area contributed by atoms with Gasteiger partial charge >= 0.3 is 5.69 Å². The summed E-state index contributed by atoms with van der Waals surface area (Å²) in [6.07, 6.45) is 2.66. The molecule has 1 aliphatic rings. The molecule has 0 unspecified atom stereocenters. The molecule has 0 spiro atoms. The van der Waals surface area contributed by atoms with Gasteiger partial charge < -0.3 is 5.73 Å². The first-order valence-corrected chi connectivity index (χ1v) is 7.72. The zero-order valence-electron chi connectivity index (χ0n) is 9.53. The third kappa shape index (κ3) is 2.33. The van der Waals surface area contributed by atoms with Crippen LogP contribution < -0.4 is 5.73 Å². The second kappa shape index (κ2) is 4.82. The fraction of sp³-hybridized carbons (Fsp3) is 0.556. The molecule has 1 saturated heterocycles. The molecule has 1 aromatic heterocycles. The monoisotopic (exact) mass is 291 g/mol. The number of nitro groups is 1. The second-order valence-electron chi connectivity index (χ2n) is 4.04. The number of hydrogen-bond acceptors (Lipinski definition) is 6. The topological polar surface area (TPSA) is 107 Å². The molecule has 0 bridgehead atoms. The van der Waals surface area contributed by atoms with Gasteiger partial charge in [0.05, 0.1) is 4.92 Å². The fourth-order valence-corrected chi connectivity index (χ4v) is 4.76. The van der Waals surface area contributed by atoms with Crippen molar-refractivity contribution in [3.63, 3.8) is 0 Å². The van der Waals surface area contributed by atoms with Crippen molar-refractivity contribution < 1.29 is 13.3 Å². The smallest absolute Gasteiger partial charge is 0.304 e. The van der Waals surface area contributed by atoms with E-state index in [9.17, 15) is 18.5 Å². The first-order valence-electron chi connectivity index (χ1n) is 5.47. The van der Waals surface area contributed by atoms with Gasteiger partial charge in [-0.15, -0.1) is 0 Å². The van der Waals surface area contributed by atoms with Gasteiger partial charge in [-0.1, -0.05) is 17.8 Å². The lowest BCUT2D eigenvalue weighted by Crippen LogP contribution is -2.35. The zero-order valence-corrected chi connectivity index (χ0v) is 11.2. The highest BCUT2D eigenvalue weighted by Gasteiger charge is 2.30. The summed E-state index contributed by atoms with van der Waals surface area (Å²) in [7, 11) is -3.63. The van der Waals surface area contributed by atoms with Crippen LogP contribution in [-0.4, -0.2) is 30.7 Å². The lowest BCUT2D eigenvalue weighted by molar-refractivity contribution is -0.383. The van der Waals surface area contributed by atoms with Crippen molar-refractivity contribution in [3.05, 3.63) is 16.2 Å². The highest BCUT2D eigenvalue weighted by atomic mass is 32.2. The van der Waals surface area contributed by atoms with Gasteiger partial charge in [-0.25, -0.2) is 8.42 Å². The summed E-state index contributed by atoms with van der Waals surface area (Å²) in [5.74, 6) is 0. The Morgan fingerprint density at radius 3 is 2.44 bits per heavy atom. The Bertz CT molecular complexity index is 560. The zero-order chi connectivity index (χ0) is 13.3. The van der Waals surface area contributed by atoms with E-state index < -0.39 is 14.9 Å². The SMILES string of the molecule is Nc1sc(S(=O)(=O)N2CCCCC2)cc1[N+](=O)[O-]. The van der Waals surface area contributed by atoms with E-state index in [2.05, 4.69) is 0 Å². The molecule has 100 valence electrons. The van der Waals surface area contributed by atoms with Crippen molar-refractivity contribution in [3.8, 4) is 0 Å². The van der Waals surface area contributed by atoms with Gasteiger partial charge in [-0.3, -0.25) is 10.1 Å². The Hall–Kier alpha value is -1.19. The molecule has 0 aliphatic carbocycles. The first kappa shape index (κ1) is 13.2. The minimum Gasteiger partial charge on any atom is -0.385 e. The van der Waals surface area contributed by atoms with Gasteiger partial charge in [-0.05, 0) is 12.8 Å². The highest BCUT2D eigenvalue weighted by molar-refractivity contribution is 7.91. The molecule has 2 rings (SSSR count). The van der Waals surface area contributed by atoms with Crippen LogP contribution in [0.4, 0.5) is 10.7 Å². The predicted molar refractivity (Wildman–Crippen MR) is 68.0 cm³/mol. The Kier molecular flexibility index (Phi) is 3.55. The summed E-state index contributed by atoms with van der Waals surface area (Å²) in [5, 5.41) is 10.6. The normalized spacial score (nSPS) is 17.8. The number of piperidine rings is 1. The van der Waals surface area contributed by atoms with E-state index in [0.29, 0.717) is 13.1 Å². The standard InChI is InChI=1S/C9H13N3O4S2/c10-9-7(12(13)14)6-8(17-9)18(15,16)11-4-2-1-3-5-11/h6H,1-5,10H2. The Morgan fingerprint density at radius 2 is 1.94 bits per heavy atom. The molecule has 7 nitrogen and oxygen atoms in total. The molecule has 18 heavy (non-hydrogen) atoms. The maximum atomic E-state index is 12.2. The van der Waals surface area contributed by atoms with E-state index in [0.717, 1.165) is 36.7 Å². The Balaban J connectivity index is 2.35. The van der Waals surface area contributed by atoms with Gasteiger partial charge in [-0.2, -0.15) is 4.31 Å². The van der Waals surface area contributed by atoms with E-state index in [1.54, 1.807) is 0 Å². The predicted octanol–water partition coefficient (Wildman–Crippen LogP) is 1.41. The van der Waals surface area contributed by atoms with Crippen LogP contribution in [0.1, 0.15) is 19.3 Å². The van der Waals surface area contributed by atoms with Gasteiger partial charge in [0.2, 0.25) is 0 Å². The summed E-state index contributed by atoms with van der Waals surface area (Å²) < 4.78 is 25.8. The van der Waals surface area contributed by atoms with Crippen molar-refractivity contribution in [2.24, 2.45) is 0 Å². The third-order valence-electron chi connectivity index (χ3n) is 2.82. The maximum absolute atomic E-state index is 12.2. The second-order valence-corrected chi connectivity index (χ2v) is 7.29.